The molecular formula is C16H25N. The molecule has 0 aliphatic heterocycles. The van der Waals surface area contributed by atoms with Crippen LogP contribution in [-0.4, -0.2) is 0 Å². The van der Waals surface area contributed by atoms with Crippen LogP contribution in [0.25, 0.3) is 0 Å². The fourth-order valence-electron chi connectivity index (χ4n) is 3.52. The van der Waals surface area contributed by atoms with E-state index in [1.54, 1.807) is 0 Å². The first-order valence-corrected chi connectivity index (χ1v) is 6.89. The molecule has 0 radical (unpaired) electrons. The highest BCUT2D eigenvalue weighted by molar-refractivity contribution is 5.29. The van der Waals surface area contributed by atoms with Crippen molar-refractivity contribution in [3.63, 3.8) is 0 Å². The Morgan fingerprint density at radius 2 is 1.65 bits per heavy atom. The Labute approximate surface area is 105 Å². The summed E-state index contributed by atoms with van der Waals surface area (Å²) in [5, 5.41) is 0. The van der Waals surface area contributed by atoms with Crippen molar-refractivity contribution in [1.82, 2.24) is 0 Å². The van der Waals surface area contributed by atoms with E-state index in [4.69, 9.17) is 5.73 Å². The van der Waals surface area contributed by atoms with Gasteiger partial charge >= 0.3 is 0 Å². The van der Waals surface area contributed by atoms with Crippen LogP contribution in [0.15, 0.2) is 24.3 Å². The zero-order chi connectivity index (χ0) is 12.4. The number of hydrogen-bond acceptors (Lipinski definition) is 1. The Bertz CT molecular complexity index is 362. The van der Waals surface area contributed by atoms with Gasteiger partial charge in [0, 0.05) is 6.04 Å². The van der Waals surface area contributed by atoms with Crippen molar-refractivity contribution >= 4 is 0 Å². The van der Waals surface area contributed by atoms with Gasteiger partial charge < -0.3 is 5.73 Å². The zero-order valence-electron chi connectivity index (χ0n) is 11.3. The highest BCUT2D eigenvalue weighted by Crippen LogP contribution is 2.39. The van der Waals surface area contributed by atoms with Crippen molar-refractivity contribution in [1.29, 1.82) is 0 Å². The monoisotopic (exact) mass is 231 g/mol. The minimum Gasteiger partial charge on any atom is -0.324 e. The lowest BCUT2D eigenvalue weighted by atomic mass is 9.72. The number of nitrogens with two attached hydrogens (primary N) is 1. The Morgan fingerprint density at radius 3 is 2.24 bits per heavy atom. The van der Waals surface area contributed by atoms with Gasteiger partial charge in [-0.3, -0.25) is 0 Å². The molecule has 1 nitrogen and oxygen atoms in total. The highest BCUT2D eigenvalue weighted by atomic mass is 14.7. The Hall–Kier alpha value is -0.820. The van der Waals surface area contributed by atoms with Gasteiger partial charge in [-0.05, 0) is 55.1 Å². The molecule has 0 aromatic heterocycles. The molecule has 1 aromatic rings. The molecule has 1 aliphatic rings. The fourth-order valence-corrected chi connectivity index (χ4v) is 3.52. The number of aryl methyl sites for hydroxylation is 1. The first-order valence-electron chi connectivity index (χ1n) is 6.89. The second-order valence-corrected chi connectivity index (χ2v) is 6.06. The lowest BCUT2D eigenvalue weighted by Gasteiger charge is -2.35. The van der Waals surface area contributed by atoms with Gasteiger partial charge in [0.15, 0.2) is 0 Å². The number of benzene rings is 1. The lowest BCUT2D eigenvalue weighted by Crippen LogP contribution is -2.29. The summed E-state index contributed by atoms with van der Waals surface area (Å²) in [6.45, 7) is 6.91. The van der Waals surface area contributed by atoms with E-state index in [1.807, 2.05) is 0 Å². The van der Waals surface area contributed by atoms with E-state index in [0.29, 0.717) is 5.92 Å². The summed E-state index contributed by atoms with van der Waals surface area (Å²) in [5.74, 6) is 2.33. The van der Waals surface area contributed by atoms with E-state index >= 15 is 0 Å². The minimum absolute atomic E-state index is 0.224. The molecule has 1 aromatic carbocycles. The maximum Gasteiger partial charge on any atom is 0.0326 e. The average molecular weight is 231 g/mol. The van der Waals surface area contributed by atoms with Crippen molar-refractivity contribution in [2.45, 2.75) is 46.1 Å². The predicted octanol–water partition coefficient (Wildman–Crippen LogP) is 4.07. The molecular weight excluding hydrogens is 206 g/mol. The number of rotatable bonds is 2. The van der Waals surface area contributed by atoms with E-state index in [-0.39, 0.29) is 6.04 Å². The van der Waals surface area contributed by atoms with Gasteiger partial charge in [-0.15, -0.1) is 0 Å². The smallest absolute Gasteiger partial charge is 0.0326 e. The number of hydrogen-bond donors (Lipinski definition) is 1. The molecule has 3 atom stereocenters. The van der Waals surface area contributed by atoms with Crippen molar-refractivity contribution < 1.29 is 0 Å². The molecule has 17 heavy (non-hydrogen) atoms. The van der Waals surface area contributed by atoms with E-state index in [2.05, 4.69) is 45.0 Å². The van der Waals surface area contributed by atoms with Crippen LogP contribution >= 0.6 is 0 Å². The molecule has 0 bridgehead atoms. The summed E-state index contributed by atoms with van der Waals surface area (Å²) in [4.78, 5) is 0. The van der Waals surface area contributed by atoms with Gasteiger partial charge in [-0.25, -0.2) is 0 Å². The molecule has 1 fully saturated rings. The molecule has 0 amide bonds. The summed E-state index contributed by atoms with van der Waals surface area (Å²) in [7, 11) is 0. The Kier molecular flexibility index (Phi) is 3.88. The van der Waals surface area contributed by atoms with E-state index in [1.165, 1.54) is 30.4 Å². The van der Waals surface area contributed by atoms with Crippen LogP contribution in [0, 0.1) is 24.7 Å². The quantitative estimate of drug-likeness (QED) is 0.816. The average Bonchev–Trinajstić information content (AvgIpc) is 2.27. The zero-order valence-corrected chi connectivity index (χ0v) is 11.3. The van der Waals surface area contributed by atoms with Crippen LogP contribution < -0.4 is 5.73 Å². The molecule has 1 heteroatoms. The second kappa shape index (κ2) is 5.22. The summed E-state index contributed by atoms with van der Waals surface area (Å²) in [5.41, 5.74) is 9.18. The van der Waals surface area contributed by atoms with Crippen LogP contribution in [0.5, 0.6) is 0 Å². The fraction of sp³-hybridized carbons (Fsp3) is 0.625. The molecule has 3 unspecified atom stereocenters. The van der Waals surface area contributed by atoms with E-state index < -0.39 is 0 Å². The largest absolute Gasteiger partial charge is 0.324 e. The predicted molar refractivity (Wildman–Crippen MR) is 73.8 cm³/mol. The molecule has 2 N–H and O–H groups in total. The van der Waals surface area contributed by atoms with Crippen molar-refractivity contribution in [3.05, 3.63) is 35.4 Å². The van der Waals surface area contributed by atoms with Crippen LogP contribution in [0.1, 0.15) is 50.3 Å². The standard InChI is InChI=1S/C16H25N/c1-11-8-12(2)10-14(9-11)16(17)15-7-5-4-6-13(15)3/h4-7,11-12,14,16H,8-10,17H2,1-3H3. The third-order valence-corrected chi connectivity index (χ3v) is 4.27. The van der Waals surface area contributed by atoms with Crippen molar-refractivity contribution in [3.8, 4) is 0 Å². The molecule has 1 saturated carbocycles. The summed E-state index contributed by atoms with van der Waals surface area (Å²) < 4.78 is 0. The summed E-state index contributed by atoms with van der Waals surface area (Å²) in [6, 6.07) is 8.80. The molecule has 0 heterocycles. The van der Waals surface area contributed by atoms with Crippen LogP contribution in [-0.2, 0) is 0 Å². The molecule has 2 rings (SSSR count). The summed E-state index contributed by atoms with van der Waals surface area (Å²) in [6.07, 6.45) is 3.96. The topological polar surface area (TPSA) is 26.0 Å². The van der Waals surface area contributed by atoms with Crippen LogP contribution in [0.4, 0.5) is 0 Å². The molecule has 94 valence electrons. The maximum atomic E-state index is 6.49. The highest BCUT2D eigenvalue weighted by Gasteiger charge is 2.29. The molecule has 0 spiro atoms. The van der Waals surface area contributed by atoms with E-state index in [9.17, 15) is 0 Å². The first kappa shape index (κ1) is 12.6. The molecule has 0 saturated heterocycles. The maximum absolute atomic E-state index is 6.49. The van der Waals surface area contributed by atoms with Gasteiger partial charge in [0.2, 0.25) is 0 Å². The Balaban J connectivity index is 2.14. The van der Waals surface area contributed by atoms with Gasteiger partial charge in [0.05, 0.1) is 0 Å². The van der Waals surface area contributed by atoms with Crippen LogP contribution in [0.2, 0.25) is 0 Å². The van der Waals surface area contributed by atoms with Crippen molar-refractivity contribution in [2.24, 2.45) is 23.5 Å². The van der Waals surface area contributed by atoms with Gasteiger partial charge in [0.1, 0.15) is 0 Å². The third-order valence-electron chi connectivity index (χ3n) is 4.27. The normalized spacial score (nSPS) is 31.2. The van der Waals surface area contributed by atoms with Gasteiger partial charge in [-0.1, -0.05) is 38.1 Å². The third kappa shape index (κ3) is 2.90. The molecule has 1 aliphatic carbocycles. The lowest BCUT2D eigenvalue weighted by molar-refractivity contribution is 0.193. The minimum atomic E-state index is 0.224. The first-order chi connectivity index (χ1) is 8.08. The van der Waals surface area contributed by atoms with Gasteiger partial charge in [-0.2, -0.15) is 0 Å². The SMILES string of the molecule is Cc1ccccc1C(N)C1CC(C)CC(C)C1. The van der Waals surface area contributed by atoms with E-state index in [0.717, 1.165) is 11.8 Å². The second-order valence-electron chi connectivity index (χ2n) is 6.06. The van der Waals surface area contributed by atoms with Gasteiger partial charge in [0.25, 0.3) is 0 Å². The summed E-state index contributed by atoms with van der Waals surface area (Å²) >= 11 is 0. The van der Waals surface area contributed by atoms with Crippen molar-refractivity contribution in [2.75, 3.05) is 0 Å². The van der Waals surface area contributed by atoms with Crippen LogP contribution in [0.3, 0.4) is 0 Å². The Morgan fingerprint density at radius 1 is 1.06 bits per heavy atom.